The van der Waals surface area contributed by atoms with Gasteiger partial charge in [-0.1, -0.05) is 30.7 Å². The zero-order valence-corrected chi connectivity index (χ0v) is 18.1. The Labute approximate surface area is 184 Å². The van der Waals surface area contributed by atoms with Crippen molar-refractivity contribution < 1.29 is 13.9 Å². The van der Waals surface area contributed by atoms with Crippen LogP contribution in [-0.2, 0) is 11.3 Å². The molecule has 2 aliphatic rings. The quantitative estimate of drug-likeness (QED) is 0.650. The lowest BCUT2D eigenvalue weighted by Gasteiger charge is -2.38. The molecule has 1 fully saturated rings. The van der Waals surface area contributed by atoms with Crippen LogP contribution >= 0.6 is 0 Å². The van der Waals surface area contributed by atoms with Gasteiger partial charge in [-0.05, 0) is 68.7 Å². The third kappa shape index (κ3) is 5.97. The van der Waals surface area contributed by atoms with Crippen LogP contribution in [0.5, 0.6) is 5.75 Å². The molecule has 1 saturated heterocycles. The number of fused-ring (bicyclic) bond motifs is 1. The molecule has 0 aliphatic carbocycles. The highest BCUT2D eigenvalue weighted by molar-refractivity contribution is 5.77. The van der Waals surface area contributed by atoms with E-state index in [0.29, 0.717) is 26.1 Å². The Kier molecular flexibility index (Phi) is 7.41. The lowest BCUT2D eigenvalue weighted by atomic mass is 10.1. The van der Waals surface area contributed by atoms with Gasteiger partial charge in [-0.15, -0.1) is 0 Å². The maximum Gasteiger partial charge on any atom is 0.222 e. The lowest BCUT2D eigenvalue weighted by Crippen LogP contribution is -2.45. The van der Waals surface area contributed by atoms with Gasteiger partial charge >= 0.3 is 0 Å². The number of hydrogen-bond acceptors (Lipinski definition) is 4. The molecule has 2 aromatic rings. The Morgan fingerprint density at radius 3 is 2.65 bits per heavy atom. The van der Waals surface area contributed by atoms with Crippen molar-refractivity contribution in [2.24, 2.45) is 0 Å². The fourth-order valence-corrected chi connectivity index (χ4v) is 4.46. The highest BCUT2D eigenvalue weighted by atomic mass is 19.1. The van der Waals surface area contributed by atoms with E-state index in [1.54, 1.807) is 12.1 Å². The number of anilines is 1. The third-order valence-electron chi connectivity index (χ3n) is 6.16. The number of benzene rings is 2. The molecule has 2 heterocycles. The van der Waals surface area contributed by atoms with Crippen molar-refractivity contribution in [2.75, 3.05) is 37.7 Å². The van der Waals surface area contributed by atoms with Crippen LogP contribution in [0.1, 0.15) is 37.7 Å². The van der Waals surface area contributed by atoms with Crippen molar-refractivity contribution >= 4 is 11.6 Å². The summed E-state index contributed by atoms with van der Waals surface area (Å²) in [7, 11) is 0. The number of carbonyl (C=O) groups is 1. The Bertz CT molecular complexity index is 852. The summed E-state index contributed by atoms with van der Waals surface area (Å²) >= 11 is 0. The molecule has 1 atom stereocenters. The fraction of sp³-hybridized carbons (Fsp3) is 0.480. The predicted molar refractivity (Wildman–Crippen MR) is 121 cm³/mol. The average Bonchev–Trinajstić information content (AvgIpc) is 2.80. The fourth-order valence-electron chi connectivity index (χ4n) is 4.46. The molecule has 0 saturated carbocycles. The maximum absolute atomic E-state index is 13.3. The standard InChI is InChI=1S/C25H32FN3O2/c26-21-11-9-20(10-12-21)18-29-22(19-31-24-8-3-2-7-23(24)29)17-25(30)27-13-6-16-28-14-4-1-5-15-28/h2-3,7-12,22H,1,4-6,13-19H2,(H,27,30). The topological polar surface area (TPSA) is 44.8 Å². The van der Waals surface area contributed by atoms with E-state index in [1.165, 1.54) is 44.5 Å². The summed E-state index contributed by atoms with van der Waals surface area (Å²) in [5.74, 6) is 0.630. The molecule has 1 amide bonds. The van der Waals surface area contributed by atoms with E-state index in [1.807, 2.05) is 24.3 Å². The number of hydrogen-bond donors (Lipinski definition) is 1. The van der Waals surface area contributed by atoms with E-state index >= 15 is 0 Å². The molecule has 0 radical (unpaired) electrons. The first-order valence-electron chi connectivity index (χ1n) is 11.4. The van der Waals surface area contributed by atoms with E-state index in [0.717, 1.165) is 30.0 Å². The normalized spacial score (nSPS) is 18.9. The molecule has 2 aromatic carbocycles. The second kappa shape index (κ2) is 10.6. The number of carbonyl (C=O) groups excluding carboxylic acids is 1. The first-order chi connectivity index (χ1) is 15.2. The first-order valence-corrected chi connectivity index (χ1v) is 11.4. The zero-order chi connectivity index (χ0) is 21.5. The number of rotatable bonds is 8. The third-order valence-corrected chi connectivity index (χ3v) is 6.16. The van der Waals surface area contributed by atoms with Crippen LogP contribution in [0.2, 0.25) is 0 Å². The van der Waals surface area contributed by atoms with Gasteiger partial charge in [0.2, 0.25) is 5.91 Å². The number of ether oxygens (including phenoxy) is 1. The van der Waals surface area contributed by atoms with E-state index in [9.17, 15) is 9.18 Å². The van der Waals surface area contributed by atoms with Gasteiger partial charge < -0.3 is 19.9 Å². The van der Waals surface area contributed by atoms with Gasteiger partial charge in [-0.3, -0.25) is 4.79 Å². The van der Waals surface area contributed by atoms with Crippen molar-refractivity contribution in [1.82, 2.24) is 10.2 Å². The van der Waals surface area contributed by atoms with Crippen LogP contribution in [0.4, 0.5) is 10.1 Å². The minimum absolute atomic E-state index is 0.0516. The SMILES string of the molecule is O=C(CC1COc2ccccc2N1Cc1ccc(F)cc1)NCCCN1CCCCC1. The molecule has 5 nitrogen and oxygen atoms in total. The summed E-state index contributed by atoms with van der Waals surface area (Å²) in [5.41, 5.74) is 1.98. The second-order valence-corrected chi connectivity index (χ2v) is 8.50. The Morgan fingerprint density at radius 1 is 1.06 bits per heavy atom. The number of likely N-dealkylation sites (tertiary alicyclic amines) is 1. The minimum Gasteiger partial charge on any atom is -0.489 e. The van der Waals surface area contributed by atoms with Crippen molar-refractivity contribution in [3.63, 3.8) is 0 Å². The summed E-state index contributed by atoms with van der Waals surface area (Å²) in [6.45, 7) is 5.19. The number of para-hydroxylation sites is 2. The van der Waals surface area contributed by atoms with Crippen LogP contribution < -0.4 is 15.0 Å². The van der Waals surface area contributed by atoms with Crippen LogP contribution in [0.15, 0.2) is 48.5 Å². The molecule has 166 valence electrons. The molecule has 4 rings (SSSR count). The minimum atomic E-state index is -0.244. The van der Waals surface area contributed by atoms with Gasteiger partial charge in [-0.25, -0.2) is 4.39 Å². The molecule has 1 N–H and O–H groups in total. The number of halogens is 1. The van der Waals surface area contributed by atoms with Gasteiger partial charge in [0.1, 0.15) is 18.2 Å². The summed E-state index contributed by atoms with van der Waals surface area (Å²) < 4.78 is 19.3. The van der Waals surface area contributed by atoms with Gasteiger partial charge in [0.05, 0.1) is 18.2 Å². The highest BCUT2D eigenvalue weighted by Crippen LogP contribution is 2.35. The first kappa shape index (κ1) is 21.6. The zero-order valence-electron chi connectivity index (χ0n) is 18.1. The molecule has 1 unspecified atom stereocenters. The number of amides is 1. The highest BCUT2D eigenvalue weighted by Gasteiger charge is 2.29. The van der Waals surface area contributed by atoms with Crippen LogP contribution in [-0.4, -0.2) is 49.6 Å². The van der Waals surface area contributed by atoms with E-state index < -0.39 is 0 Å². The summed E-state index contributed by atoms with van der Waals surface area (Å²) in [4.78, 5) is 17.4. The van der Waals surface area contributed by atoms with Gasteiger partial charge in [0.15, 0.2) is 0 Å². The smallest absolute Gasteiger partial charge is 0.222 e. The summed E-state index contributed by atoms with van der Waals surface area (Å²) in [6.07, 6.45) is 5.28. The van der Waals surface area contributed by atoms with Gasteiger partial charge in [0, 0.05) is 13.1 Å². The second-order valence-electron chi connectivity index (χ2n) is 8.50. The number of nitrogens with zero attached hydrogens (tertiary/aromatic N) is 2. The maximum atomic E-state index is 13.3. The van der Waals surface area contributed by atoms with Crippen LogP contribution in [0.3, 0.4) is 0 Å². The molecule has 0 bridgehead atoms. The van der Waals surface area contributed by atoms with E-state index in [4.69, 9.17) is 4.74 Å². The summed E-state index contributed by atoms with van der Waals surface area (Å²) in [5, 5.41) is 3.09. The van der Waals surface area contributed by atoms with Crippen molar-refractivity contribution in [2.45, 2.75) is 44.7 Å². The average molecular weight is 426 g/mol. The Hall–Kier alpha value is -2.60. The van der Waals surface area contributed by atoms with Gasteiger partial charge in [-0.2, -0.15) is 0 Å². The monoisotopic (exact) mass is 425 g/mol. The number of nitrogens with one attached hydrogen (secondary N) is 1. The summed E-state index contributed by atoms with van der Waals surface area (Å²) in [6, 6.07) is 14.4. The molecule has 0 spiro atoms. The lowest BCUT2D eigenvalue weighted by molar-refractivity contribution is -0.121. The predicted octanol–water partition coefficient (Wildman–Crippen LogP) is 3.98. The number of piperidine rings is 1. The van der Waals surface area contributed by atoms with E-state index in [-0.39, 0.29) is 17.8 Å². The van der Waals surface area contributed by atoms with Gasteiger partial charge in [0.25, 0.3) is 0 Å². The molecule has 31 heavy (non-hydrogen) atoms. The van der Waals surface area contributed by atoms with Crippen molar-refractivity contribution in [3.8, 4) is 5.75 Å². The Morgan fingerprint density at radius 2 is 1.84 bits per heavy atom. The van der Waals surface area contributed by atoms with E-state index in [2.05, 4.69) is 15.1 Å². The Balaban J connectivity index is 1.34. The molecular weight excluding hydrogens is 393 g/mol. The van der Waals surface area contributed by atoms with Crippen LogP contribution in [0.25, 0.3) is 0 Å². The molecule has 2 aliphatic heterocycles. The van der Waals surface area contributed by atoms with Crippen molar-refractivity contribution in [3.05, 3.63) is 59.9 Å². The molecule has 6 heteroatoms. The largest absolute Gasteiger partial charge is 0.489 e. The molecular formula is C25H32FN3O2. The van der Waals surface area contributed by atoms with Crippen LogP contribution in [0, 0.1) is 5.82 Å². The molecule has 0 aromatic heterocycles. The van der Waals surface area contributed by atoms with Crippen molar-refractivity contribution in [1.29, 1.82) is 0 Å².